The Bertz CT molecular complexity index is 894. The highest BCUT2D eigenvalue weighted by Gasteiger charge is 2.42. The lowest BCUT2D eigenvalue weighted by Crippen LogP contribution is -2.60. The van der Waals surface area contributed by atoms with Gasteiger partial charge in [-0.05, 0) is 65.7 Å². The number of nitrogens with zero attached hydrogens (tertiary/aromatic N) is 3. The van der Waals surface area contributed by atoms with Crippen LogP contribution in [0.1, 0.15) is 63.9 Å². The number of carbonyl (C=O) groups excluding carboxylic acids is 1. The summed E-state index contributed by atoms with van der Waals surface area (Å²) in [5, 5.41) is 13.4. The average Bonchev–Trinajstić information content (AvgIpc) is 2.63. The van der Waals surface area contributed by atoms with Gasteiger partial charge < -0.3 is 24.8 Å². The molecular weight excluding hydrogens is 408 g/mol. The molecular formula is C24H34N4O4. The average molecular weight is 443 g/mol. The fourth-order valence-corrected chi connectivity index (χ4v) is 3.65. The van der Waals surface area contributed by atoms with Gasteiger partial charge in [0.2, 0.25) is 5.95 Å². The summed E-state index contributed by atoms with van der Waals surface area (Å²) >= 11 is 0. The van der Waals surface area contributed by atoms with Gasteiger partial charge in [0.15, 0.2) is 0 Å². The Morgan fingerprint density at radius 2 is 1.69 bits per heavy atom. The summed E-state index contributed by atoms with van der Waals surface area (Å²) in [6, 6.07) is 5.62. The van der Waals surface area contributed by atoms with Crippen molar-refractivity contribution in [1.82, 2.24) is 14.9 Å². The van der Waals surface area contributed by atoms with Gasteiger partial charge in [0.1, 0.15) is 11.5 Å². The van der Waals surface area contributed by atoms with E-state index in [4.69, 9.17) is 9.47 Å². The summed E-state index contributed by atoms with van der Waals surface area (Å²) in [7, 11) is 0. The van der Waals surface area contributed by atoms with Crippen LogP contribution in [0.15, 0.2) is 30.6 Å². The van der Waals surface area contributed by atoms with E-state index in [0.29, 0.717) is 24.6 Å². The Morgan fingerprint density at radius 3 is 2.12 bits per heavy atom. The number of nitrogens with one attached hydrogen (secondary N) is 1. The van der Waals surface area contributed by atoms with E-state index in [0.717, 1.165) is 23.5 Å². The lowest BCUT2D eigenvalue weighted by molar-refractivity contribution is -0.0550. The van der Waals surface area contributed by atoms with Crippen molar-refractivity contribution in [1.29, 1.82) is 0 Å². The van der Waals surface area contributed by atoms with Crippen LogP contribution in [0, 0.1) is 0 Å². The van der Waals surface area contributed by atoms with Crippen LogP contribution in [0.4, 0.5) is 5.95 Å². The lowest BCUT2D eigenvalue weighted by Gasteiger charge is -2.47. The van der Waals surface area contributed by atoms with E-state index in [1.54, 1.807) is 18.7 Å². The van der Waals surface area contributed by atoms with Crippen molar-refractivity contribution in [2.75, 3.05) is 11.9 Å². The van der Waals surface area contributed by atoms with Crippen LogP contribution in [0.25, 0.3) is 0 Å². The predicted molar refractivity (Wildman–Crippen MR) is 123 cm³/mol. The van der Waals surface area contributed by atoms with E-state index >= 15 is 0 Å². The molecule has 174 valence electrons. The summed E-state index contributed by atoms with van der Waals surface area (Å²) < 4.78 is 11.7. The number of benzene rings is 1. The number of carbonyl (C=O) groups is 1. The van der Waals surface area contributed by atoms with Crippen LogP contribution in [-0.2, 0) is 6.54 Å². The van der Waals surface area contributed by atoms with Gasteiger partial charge in [0.05, 0.1) is 29.4 Å². The van der Waals surface area contributed by atoms with Crippen molar-refractivity contribution in [3.63, 3.8) is 0 Å². The minimum atomic E-state index is -0.928. The first-order valence-corrected chi connectivity index (χ1v) is 11.1. The molecule has 2 aromatic rings. The normalized spacial score (nSPS) is 16.2. The van der Waals surface area contributed by atoms with E-state index in [2.05, 4.69) is 15.3 Å². The van der Waals surface area contributed by atoms with Gasteiger partial charge in [-0.15, -0.1) is 0 Å². The Hall–Kier alpha value is -2.87. The van der Waals surface area contributed by atoms with E-state index in [9.17, 15) is 9.90 Å². The number of ether oxygens (including phenoxy) is 2. The molecule has 8 nitrogen and oxygen atoms in total. The fraction of sp³-hybridized carbons (Fsp3) is 0.542. The molecule has 1 aromatic carbocycles. The van der Waals surface area contributed by atoms with Crippen molar-refractivity contribution in [2.24, 2.45) is 0 Å². The minimum Gasteiger partial charge on any atom is -0.491 e. The number of rotatable bonds is 9. The quantitative estimate of drug-likeness (QED) is 0.612. The molecule has 1 aliphatic rings. The number of hydrogen-bond acceptors (Lipinski definition) is 7. The Kier molecular flexibility index (Phi) is 7.23. The van der Waals surface area contributed by atoms with Gasteiger partial charge in [-0.2, -0.15) is 0 Å². The molecule has 8 heteroatoms. The molecule has 2 heterocycles. The van der Waals surface area contributed by atoms with Crippen LogP contribution in [0.5, 0.6) is 11.5 Å². The smallest absolute Gasteiger partial charge is 0.257 e. The predicted octanol–water partition coefficient (Wildman–Crippen LogP) is 3.65. The molecule has 0 unspecified atom stereocenters. The number of aliphatic hydroxyl groups is 1. The van der Waals surface area contributed by atoms with Gasteiger partial charge in [-0.25, -0.2) is 9.97 Å². The highest BCUT2D eigenvalue weighted by molar-refractivity contribution is 5.94. The van der Waals surface area contributed by atoms with E-state index in [1.165, 1.54) is 12.4 Å². The number of likely N-dealkylation sites (tertiary alicyclic amines) is 1. The second-order valence-corrected chi connectivity index (χ2v) is 9.25. The maximum atomic E-state index is 12.7. The lowest BCUT2D eigenvalue weighted by atomic mass is 9.87. The van der Waals surface area contributed by atoms with Crippen LogP contribution >= 0.6 is 0 Å². The van der Waals surface area contributed by atoms with E-state index < -0.39 is 5.60 Å². The maximum absolute atomic E-state index is 12.7. The SMILES string of the molecule is CC(C)Oc1cc(CNc2ncc(C(=O)N3CC[C@H]3C(C)(C)O)cn2)cc(OC(C)C)c1. The molecule has 0 radical (unpaired) electrons. The molecule has 1 saturated heterocycles. The highest BCUT2D eigenvalue weighted by Crippen LogP contribution is 2.29. The standard InChI is InChI=1S/C24H34N4O4/c1-15(2)31-19-9-17(10-20(11-19)32-16(3)4)12-25-23-26-13-18(14-27-23)22(29)28-8-7-21(28)24(5,6)30/h9-11,13-16,21,30H,7-8,12H2,1-6H3,(H,25,26,27)/t21-/m0/s1. The number of anilines is 1. The summed E-state index contributed by atoms with van der Waals surface area (Å²) in [6.45, 7) is 12.5. The molecule has 1 aromatic heterocycles. The van der Waals surface area contributed by atoms with Crippen LogP contribution in [0.3, 0.4) is 0 Å². The molecule has 1 atom stereocenters. The zero-order valence-electron chi connectivity index (χ0n) is 19.8. The van der Waals surface area contributed by atoms with Gasteiger partial charge in [-0.3, -0.25) is 4.79 Å². The van der Waals surface area contributed by atoms with Crippen LogP contribution < -0.4 is 14.8 Å². The molecule has 0 spiro atoms. The zero-order valence-corrected chi connectivity index (χ0v) is 19.8. The molecule has 32 heavy (non-hydrogen) atoms. The van der Waals surface area contributed by atoms with Crippen molar-refractivity contribution in [3.05, 3.63) is 41.7 Å². The molecule has 0 bridgehead atoms. The first kappa shape index (κ1) is 23.8. The summed E-state index contributed by atoms with van der Waals surface area (Å²) in [5.74, 6) is 1.75. The Balaban J connectivity index is 1.65. The first-order valence-electron chi connectivity index (χ1n) is 11.1. The Labute approximate surface area is 190 Å². The maximum Gasteiger partial charge on any atom is 0.257 e. The minimum absolute atomic E-state index is 0.0564. The van der Waals surface area contributed by atoms with Crippen molar-refractivity contribution in [2.45, 2.75) is 78.4 Å². The summed E-state index contributed by atoms with van der Waals surface area (Å²) in [5.41, 5.74) is 0.447. The molecule has 0 aliphatic carbocycles. The van der Waals surface area contributed by atoms with Crippen LogP contribution in [0.2, 0.25) is 0 Å². The monoisotopic (exact) mass is 442 g/mol. The van der Waals surface area contributed by atoms with Crippen molar-refractivity contribution < 1.29 is 19.4 Å². The first-order chi connectivity index (χ1) is 15.0. The van der Waals surface area contributed by atoms with Crippen molar-refractivity contribution >= 4 is 11.9 Å². The third-order valence-electron chi connectivity index (χ3n) is 5.13. The van der Waals surface area contributed by atoms with Gasteiger partial charge in [0.25, 0.3) is 5.91 Å². The molecule has 1 aliphatic heterocycles. The zero-order chi connectivity index (χ0) is 23.5. The van der Waals surface area contributed by atoms with E-state index in [-0.39, 0.29) is 24.2 Å². The van der Waals surface area contributed by atoms with E-state index in [1.807, 2.05) is 45.9 Å². The molecule has 1 amide bonds. The van der Waals surface area contributed by atoms with Gasteiger partial charge in [-0.1, -0.05) is 0 Å². The highest BCUT2D eigenvalue weighted by atomic mass is 16.5. The van der Waals surface area contributed by atoms with Gasteiger partial charge in [0, 0.05) is 31.5 Å². The molecule has 1 fully saturated rings. The largest absolute Gasteiger partial charge is 0.491 e. The molecule has 3 rings (SSSR count). The topological polar surface area (TPSA) is 96.8 Å². The second kappa shape index (κ2) is 9.73. The molecule has 0 saturated carbocycles. The fourth-order valence-electron chi connectivity index (χ4n) is 3.65. The number of aromatic nitrogens is 2. The third-order valence-corrected chi connectivity index (χ3v) is 5.13. The number of amides is 1. The van der Waals surface area contributed by atoms with Crippen LogP contribution in [-0.4, -0.2) is 56.3 Å². The molecule has 2 N–H and O–H groups in total. The Morgan fingerprint density at radius 1 is 1.12 bits per heavy atom. The second-order valence-electron chi connectivity index (χ2n) is 9.25. The van der Waals surface area contributed by atoms with Gasteiger partial charge >= 0.3 is 0 Å². The summed E-state index contributed by atoms with van der Waals surface area (Å²) in [6.07, 6.45) is 3.94. The number of hydrogen-bond donors (Lipinski definition) is 2. The third kappa shape index (κ3) is 6.09. The summed E-state index contributed by atoms with van der Waals surface area (Å²) in [4.78, 5) is 23.0. The van der Waals surface area contributed by atoms with Crippen molar-refractivity contribution in [3.8, 4) is 11.5 Å².